The summed E-state index contributed by atoms with van der Waals surface area (Å²) in [5.74, 6) is -0.168. The summed E-state index contributed by atoms with van der Waals surface area (Å²) < 4.78 is 14.6. The minimum Gasteiger partial charge on any atom is -0.399 e. The number of anilines is 2. The highest BCUT2D eigenvalue weighted by Gasteiger charge is 2.20. The van der Waals surface area contributed by atoms with Crippen molar-refractivity contribution >= 4 is 27.3 Å². The van der Waals surface area contributed by atoms with Crippen LogP contribution in [0.1, 0.15) is 11.1 Å². The Balaban J connectivity index is 1.86. The van der Waals surface area contributed by atoms with Crippen LogP contribution in [0.25, 0.3) is 0 Å². The van der Waals surface area contributed by atoms with Gasteiger partial charge in [0.05, 0.1) is 0 Å². The number of fused-ring (bicyclic) bond motifs is 1. The summed E-state index contributed by atoms with van der Waals surface area (Å²) in [5.41, 5.74) is 9.70. The van der Waals surface area contributed by atoms with Gasteiger partial charge in [0.15, 0.2) is 0 Å². The second-order valence-corrected chi connectivity index (χ2v) is 5.71. The summed E-state index contributed by atoms with van der Waals surface area (Å²) in [4.78, 5) is 2.20. The van der Waals surface area contributed by atoms with Crippen LogP contribution in [0.3, 0.4) is 0 Å². The smallest absolute Gasteiger partial charge is 0.129 e. The normalized spacial score (nSPS) is 13.7. The number of halogens is 2. The molecule has 0 unspecified atom stereocenters. The monoisotopic (exact) mass is 320 g/mol. The molecule has 0 aromatic heterocycles. The van der Waals surface area contributed by atoms with Crippen LogP contribution < -0.4 is 10.6 Å². The molecule has 2 aromatic carbocycles. The molecule has 0 fully saturated rings. The van der Waals surface area contributed by atoms with Crippen LogP contribution in [0.4, 0.5) is 15.8 Å². The number of nitrogen functional groups attached to an aromatic ring is 1. The van der Waals surface area contributed by atoms with Gasteiger partial charge in [0.25, 0.3) is 0 Å². The van der Waals surface area contributed by atoms with Crippen molar-refractivity contribution in [3.63, 3.8) is 0 Å². The highest BCUT2D eigenvalue weighted by Crippen LogP contribution is 2.31. The number of hydrogen-bond acceptors (Lipinski definition) is 2. The fourth-order valence-corrected chi connectivity index (χ4v) is 2.84. The number of hydrogen-bond donors (Lipinski definition) is 1. The Bertz CT molecular complexity index is 628. The van der Waals surface area contributed by atoms with Crippen LogP contribution in [0, 0.1) is 5.82 Å². The SMILES string of the molecule is Nc1ccc2c(c1)CCN2Cc1ccc(Br)cc1F. The molecule has 0 bridgehead atoms. The maximum Gasteiger partial charge on any atom is 0.129 e. The molecule has 1 heterocycles. The van der Waals surface area contributed by atoms with Gasteiger partial charge in [-0.15, -0.1) is 0 Å². The summed E-state index contributed by atoms with van der Waals surface area (Å²) in [6, 6.07) is 11.1. The lowest BCUT2D eigenvalue weighted by Crippen LogP contribution is -2.20. The molecule has 98 valence electrons. The zero-order valence-electron chi connectivity index (χ0n) is 10.4. The van der Waals surface area contributed by atoms with E-state index >= 15 is 0 Å². The standard InChI is InChI=1S/C15H14BrFN2/c16-12-2-1-11(14(17)8-12)9-19-6-5-10-7-13(18)3-4-15(10)19/h1-4,7-8H,5-6,9,18H2. The first-order valence-corrected chi connectivity index (χ1v) is 7.00. The fourth-order valence-electron chi connectivity index (χ4n) is 2.51. The zero-order valence-corrected chi connectivity index (χ0v) is 12.0. The molecule has 4 heteroatoms. The first-order chi connectivity index (χ1) is 9.13. The van der Waals surface area contributed by atoms with Gasteiger partial charge in [0.2, 0.25) is 0 Å². The van der Waals surface area contributed by atoms with Gasteiger partial charge in [0, 0.05) is 34.5 Å². The molecule has 2 nitrogen and oxygen atoms in total. The third-order valence-corrected chi connectivity index (χ3v) is 3.96. The van der Waals surface area contributed by atoms with Gasteiger partial charge in [-0.1, -0.05) is 22.0 Å². The molecule has 19 heavy (non-hydrogen) atoms. The van der Waals surface area contributed by atoms with E-state index in [4.69, 9.17) is 5.73 Å². The van der Waals surface area contributed by atoms with Crippen LogP contribution >= 0.6 is 15.9 Å². The Morgan fingerprint density at radius 3 is 2.84 bits per heavy atom. The molecule has 0 radical (unpaired) electrons. The molecule has 0 saturated carbocycles. The third kappa shape index (κ3) is 2.45. The van der Waals surface area contributed by atoms with Crippen LogP contribution in [-0.2, 0) is 13.0 Å². The van der Waals surface area contributed by atoms with Crippen molar-refractivity contribution in [3.8, 4) is 0 Å². The molecule has 2 aromatic rings. The van der Waals surface area contributed by atoms with Crippen LogP contribution in [0.5, 0.6) is 0 Å². The first-order valence-electron chi connectivity index (χ1n) is 6.21. The molecule has 0 saturated heterocycles. The van der Waals surface area contributed by atoms with Gasteiger partial charge in [0.1, 0.15) is 5.82 Å². The van der Waals surface area contributed by atoms with Crippen molar-refractivity contribution in [2.75, 3.05) is 17.2 Å². The molecule has 1 aliphatic heterocycles. The minimum atomic E-state index is -0.168. The summed E-state index contributed by atoms with van der Waals surface area (Å²) >= 11 is 3.28. The van der Waals surface area contributed by atoms with E-state index in [1.807, 2.05) is 30.3 Å². The van der Waals surface area contributed by atoms with Gasteiger partial charge < -0.3 is 10.6 Å². The van der Waals surface area contributed by atoms with Gasteiger partial charge in [-0.2, -0.15) is 0 Å². The second-order valence-electron chi connectivity index (χ2n) is 4.80. The van der Waals surface area contributed by atoms with Gasteiger partial charge in [-0.05, 0) is 42.3 Å². The predicted molar refractivity (Wildman–Crippen MR) is 79.7 cm³/mol. The zero-order chi connectivity index (χ0) is 13.4. The molecule has 0 atom stereocenters. The number of nitrogens with zero attached hydrogens (tertiary/aromatic N) is 1. The lowest BCUT2D eigenvalue weighted by Gasteiger charge is -2.20. The third-order valence-electron chi connectivity index (χ3n) is 3.47. The van der Waals surface area contributed by atoms with Crippen molar-refractivity contribution < 1.29 is 4.39 Å². The maximum atomic E-state index is 13.9. The largest absolute Gasteiger partial charge is 0.399 e. The summed E-state index contributed by atoms with van der Waals surface area (Å²) in [6.45, 7) is 1.50. The Kier molecular flexibility index (Phi) is 3.19. The summed E-state index contributed by atoms with van der Waals surface area (Å²) in [7, 11) is 0. The van der Waals surface area contributed by atoms with E-state index in [-0.39, 0.29) is 5.82 Å². The van der Waals surface area contributed by atoms with Crippen LogP contribution in [0.15, 0.2) is 40.9 Å². The fraction of sp³-hybridized carbons (Fsp3) is 0.200. The minimum absolute atomic E-state index is 0.168. The molecule has 1 aliphatic rings. The van der Waals surface area contributed by atoms with E-state index < -0.39 is 0 Å². The molecule has 3 rings (SSSR count). The van der Waals surface area contributed by atoms with Crippen molar-refractivity contribution in [2.24, 2.45) is 0 Å². The van der Waals surface area contributed by atoms with Crippen LogP contribution in [-0.4, -0.2) is 6.54 Å². The lowest BCUT2D eigenvalue weighted by atomic mass is 10.1. The highest BCUT2D eigenvalue weighted by molar-refractivity contribution is 9.10. The Labute approximate surface area is 120 Å². The number of rotatable bonds is 2. The van der Waals surface area contributed by atoms with Crippen LogP contribution in [0.2, 0.25) is 0 Å². The molecule has 2 N–H and O–H groups in total. The molecular formula is C15H14BrFN2. The van der Waals surface area contributed by atoms with Gasteiger partial charge in [-0.3, -0.25) is 0 Å². The van der Waals surface area contributed by atoms with E-state index in [0.29, 0.717) is 12.1 Å². The highest BCUT2D eigenvalue weighted by atomic mass is 79.9. The lowest BCUT2D eigenvalue weighted by molar-refractivity contribution is 0.605. The van der Waals surface area contributed by atoms with Gasteiger partial charge >= 0.3 is 0 Å². The molecular weight excluding hydrogens is 307 g/mol. The molecule has 0 amide bonds. The Morgan fingerprint density at radius 2 is 2.05 bits per heavy atom. The first kappa shape index (κ1) is 12.5. The van der Waals surface area contributed by atoms with Crippen molar-refractivity contribution in [1.82, 2.24) is 0 Å². The topological polar surface area (TPSA) is 29.3 Å². The van der Waals surface area contributed by atoms with E-state index in [1.165, 1.54) is 11.6 Å². The Hall–Kier alpha value is -1.55. The molecule has 0 aliphatic carbocycles. The van der Waals surface area contributed by atoms with E-state index in [9.17, 15) is 4.39 Å². The second kappa shape index (κ2) is 4.85. The molecule has 0 spiro atoms. The average molecular weight is 321 g/mol. The summed E-state index contributed by atoms with van der Waals surface area (Å²) in [5, 5.41) is 0. The van der Waals surface area contributed by atoms with Gasteiger partial charge in [-0.25, -0.2) is 4.39 Å². The number of benzene rings is 2. The maximum absolute atomic E-state index is 13.9. The average Bonchev–Trinajstić information content (AvgIpc) is 2.75. The number of nitrogens with two attached hydrogens (primary N) is 1. The summed E-state index contributed by atoms with van der Waals surface area (Å²) in [6.07, 6.45) is 0.971. The Morgan fingerprint density at radius 1 is 1.21 bits per heavy atom. The van der Waals surface area contributed by atoms with Crippen molar-refractivity contribution in [1.29, 1.82) is 0 Å². The van der Waals surface area contributed by atoms with E-state index in [1.54, 1.807) is 0 Å². The van der Waals surface area contributed by atoms with Crippen molar-refractivity contribution in [3.05, 3.63) is 57.8 Å². The quantitative estimate of drug-likeness (QED) is 0.854. The van der Waals surface area contributed by atoms with Crippen molar-refractivity contribution in [2.45, 2.75) is 13.0 Å². The predicted octanol–water partition coefficient (Wildman–Crippen LogP) is 3.73. The van der Waals surface area contributed by atoms with E-state index in [0.717, 1.165) is 28.8 Å². The van der Waals surface area contributed by atoms with E-state index in [2.05, 4.69) is 20.8 Å².